The molecule has 0 radical (unpaired) electrons. The summed E-state index contributed by atoms with van der Waals surface area (Å²) in [7, 11) is 0. The summed E-state index contributed by atoms with van der Waals surface area (Å²) in [6, 6.07) is 9.76. The number of fused-ring (bicyclic) bond motifs is 1. The van der Waals surface area contributed by atoms with E-state index in [2.05, 4.69) is 30.9 Å². The van der Waals surface area contributed by atoms with Gasteiger partial charge in [-0.15, -0.1) is 0 Å². The fraction of sp³-hybridized carbons (Fsp3) is 0.0714. The molecule has 2 heterocycles. The predicted molar refractivity (Wildman–Crippen MR) is 79.8 cm³/mol. The fourth-order valence-electron chi connectivity index (χ4n) is 1.91. The zero-order valence-electron chi connectivity index (χ0n) is 10.0. The molecule has 94 valence electrons. The first-order valence-electron chi connectivity index (χ1n) is 5.80. The minimum Gasteiger partial charge on any atom is -0.383 e. The van der Waals surface area contributed by atoms with E-state index in [9.17, 15) is 0 Å². The number of halogens is 1. The Morgan fingerprint density at radius 1 is 1.16 bits per heavy atom. The molecule has 0 spiro atoms. The Labute approximate surface area is 118 Å². The first-order valence-corrected chi connectivity index (χ1v) is 6.92. The molecule has 0 aliphatic heterocycles. The predicted octanol–water partition coefficient (Wildman–Crippen LogP) is 3.17. The van der Waals surface area contributed by atoms with E-state index >= 15 is 0 Å². The number of hydrogen-bond acceptors (Lipinski definition) is 4. The molecule has 0 saturated heterocycles. The van der Waals surface area contributed by atoms with E-state index in [-0.39, 0.29) is 0 Å². The van der Waals surface area contributed by atoms with Crippen LogP contribution in [0.1, 0.15) is 5.56 Å². The summed E-state index contributed by atoms with van der Waals surface area (Å²) in [5, 5.41) is 1.66. The van der Waals surface area contributed by atoms with Crippen molar-refractivity contribution in [1.82, 2.24) is 15.0 Å². The highest BCUT2D eigenvalue weighted by Crippen LogP contribution is 2.24. The zero-order chi connectivity index (χ0) is 13.2. The summed E-state index contributed by atoms with van der Waals surface area (Å²) in [6.07, 6.45) is 3.45. The molecule has 4 nitrogen and oxygen atoms in total. The van der Waals surface area contributed by atoms with Crippen LogP contribution < -0.4 is 5.73 Å². The van der Waals surface area contributed by atoms with Crippen LogP contribution in [0.3, 0.4) is 0 Å². The van der Waals surface area contributed by atoms with Crippen LogP contribution in [0, 0.1) is 0 Å². The van der Waals surface area contributed by atoms with Crippen LogP contribution >= 0.6 is 15.9 Å². The molecule has 0 unspecified atom stereocenters. The Morgan fingerprint density at radius 2 is 2.05 bits per heavy atom. The van der Waals surface area contributed by atoms with E-state index in [0.717, 1.165) is 27.4 Å². The Kier molecular flexibility index (Phi) is 3.13. The summed E-state index contributed by atoms with van der Waals surface area (Å²) in [5.74, 6) is 1.09. The van der Waals surface area contributed by atoms with Gasteiger partial charge in [0.2, 0.25) is 0 Å². The maximum Gasteiger partial charge on any atom is 0.163 e. The molecule has 0 amide bonds. The van der Waals surface area contributed by atoms with Crippen LogP contribution in [0.25, 0.3) is 22.3 Å². The molecule has 3 aromatic rings. The molecule has 0 saturated carbocycles. The van der Waals surface area contributed by atoms with E-state index < -0.39 is 0 Å². The van der Waals surface area contributed by atoms with Gasteiger partial charge < -0.3 is 5.73 Å². The van der Waals surface area contributed by atoms with Gasteiger partial charge in [-0.1, -0.05) is 22.0 Å². The van der Waals surface area contributed by atoms with Crippen LogP contribution in [0.2, 0.25) is 0 Å². The van der Waals surface area contributed by atoms with Gasteiger partial charge >= 0.3 is 0 Å². The van der Waals surface area contributed by atoms with Gasteiger partial charge in [-0.3, -0.25) is 4.98 Å². The van der Waals surface area contributed by atoms with E-state index in [1.165, 1.54) is 0 Å². The van der Waals surface area contributed by atoms with Gasteiger partial charge in [-0.25, -0.2) is 9.97 Å². The summed E-state index contributed by atoms with van der Waals surface area (Å²) in [6.45, 7) is 0. The van der Waals surface area contributed by atoms with Crippen molar-refractivity contribution in [1.29, 1.82) is 0 Å². The Balaban J connectivity index is 2.20. The van der Waals surface area contributed by atoms with Gasteiger partial charge in [0.15, 0.2) is 5.82 Å². The van der Waals surface area contributed by atoms with Gasteiger partial charge in [-0.2, -0.15) is 0 Å². The van der Waals surface area contributed by atoms with E-state index in [0.29, 0.717) is 11.6 Å². The molecule has 1 aromatic carbocycles. The van der Waals surface area contributed by atoms with Crippen molar-refractivity contribution < 1.29 is 0 Å². The number of pyridine rings is 1. The Morgan fingerprint density at radius 3 is 2.79 bits per heavy atom. The number of nitrogens with zero attached hydrogens (tertiary/aromatic N) is 3. The molecular formula is C14H11BrN4. The Hall–Kier alpha value is -2.01. The maximum atomic E-state index is 6.03. The van der Waals surface area contributed by atoms with Gasteiger partial charge in [0.1, 0.15) is 5.82 Å². The molecule has 0 aliphatic rings. The van der Waals surface area contributed by atoms with E-state index in [4.69, 9.17) is 5.73 Å². The number of anilines is 1. The average Bonchev–Trinajstić information content (AvgIpc) is 2.48. The number of hydrogen-bond donors (Lipinski definition) is 1. The van der Waals surface area contributed by atoms with Gasteiger partial charge in [0, 0.05) is 28.7 Å². The SMILES string of the molecule is Nc1nc(-c2cccnc2)nc2ccc(CBr)cc12. The van der Waals surface area contributed by atoms with Crippen LogP contribution in [-0.2, 0) is 5.33 Å². The van der Waals surface area contributed by atoms with Crippen molar-refractivity contribution in [2.45, 2.75) is 5.33 Å². The number of aromatic nitrogens is 3. The van der Waals surface area contributed by atoms with Crippen molar-refractivity contribution in [3.05, 3.63) is 48.3 Å². The van der Waals surface area contributed by atoms with Crippen LogP contribution in [0.5, 0.6) is 0 Å². The molecular weight excluding hydrogens is 304 g/mol. The van der Waals surface area contributed by atoms with Crippen LogP contribution in [-0.4, -0.2) is 15.0 Å². The highest BCUT2D eigenvalue weighted by Gasteiger charge is 2.07. The second-order valence-corrected chi connectivity index (χ2v) is 4.72. The lowest BCUT2D eigenvalue weighted by Gasteiger charge is -2.06. The summed E-state index contributed by atoms with van der Waals surface area (Å²) >= 11 is 3.43. The molecule has 0 bridgehead atoms. The standard InChI is InChI=1S/C14H11BrN4/c15-7-9-3-4-12-11(6-9)13(16)19-14(18-12)10-2-1-5-17-8-10/h1-6,8H,7H2,(H2,16,18,19). The minimum atomic E-state index is 0.492. The van der Waals surface area contributed by atoms with Gasteiger partial charge in [0.05, 0.1) is 5.52 Å². The normalized spacial score (nSPS) is 10.8. The lowest BCUT2D eigenvalue weighted by molar-refractivity contribution is 1.21. The quantitative estimate of drug-likeness (QED) is 0.738. The number of rotatable bonds is 2. The van der Waals surface area contributed by atoms with Crippen molar-refractivity contribution in [3.8, 4) is 11.4 Å². The van der Waals surface area contributed by atoms with Gasteiger partial charge in [-0.05, 0) is 29.8 Å². The summed E-state index contributed by atoms with van der Waals surface area (Å²) in [5.41, 5.74) is 8.89. The van der Waals surface area contributed by atoms with Crippen molar-refractivity contribution in [2.24, 2.45) is 0 Å². The van der Waals surface area contributed by atoms with E-state index in [1.54, 1.807) is 12.4 Å². The molecule has 2 N–H and O–H groups in total. The monoisotopic (exact) mass is 314 g/mol. The molecule has 5 heteroatoms. The third kappa shape index (κ3) is 2.29. The third-order valence-electron chi connectivity index (χ3n) is 2.86. The number of alkyl halides is 1. The first-order chi connectivity index (χ1) is 9.28. The highest BCUT2D eigenvalue weighted by atomic mass is 79.9. The number of nitrogen functional groups attached to an aromatic ring is 1. The van der Waals surface area contributed by atoms with Crippen LogP contribution in [0.4, 0.5) is 5.82 Å². The van der Waals surface area contributed by atoms with Crippen LogP contribution in [0.15, 0.2) is 42.7 Å². The number of nitrogens with two attached hydrogens (primary N) is 1. The van der Waals surface area contributed by atoms with Crippen molar-refractivity contribution >= 4 is 32.7 Å². The molecule has 2 aromatic heterocycles. The lowest BCUT2D eigenvalue weighted by atomic mass is 10.1. The number of benzene rings is 1. The topological polar surface area (TPSA) is 64.7 Å². The van der Waals surface area contributed by atoms with Crippen molar-refractivity contribution in [2.75, 3.05) is 5.73 Å². The Bertz CT molecular complexity index is 728. The second-order valence-electron chi connectivity index (χ2n) is 4.16. The van der Waals surface area contributed by atoms with Gasteiger partial charge in [0.25, 0.3) is 0 Å². The molecule has 0 aliphatic carbocycles. The van der Waals surface area contributed by atoms with Crippen molar-refractivity contribution in [3.63, 3.8) is 0 Å². The summed E-state index contributed by atoms with van der Waals surface area (Å²) < 4.78 is 0. The first kappa shape index (κ1) is 12.0. The molecule has 19 heavy (non-hydrogen) atoms. The zero-order valence-corrected chi connectivity index (χ0v) is 11.6. The minimum absolute atomic E-state index is 0.492. The highest BCUT2D eigenvalue weighted by molar-refractivity contribution is 9.08. The second kappa shape index (κ2) is 4.93. The fourth-order valence-corrected chi connectivity index (χ4v) is 2.26. The average molecular weight is 315 g/mol. The largest absolute Gasteiger partial charge is 0.383 e. The lowest BCUT2D eigenvalue weighted by Crippen LogP contribution is -1.98. The molecule has 0 fully saturated rings. The maximum absolute atomic E-state index is 6.03. The molecule has 3 rings (SSSR count). The third-order valence-corrected chi connectivity index (χ3v) is 3.51. The summed E-state index contributed by atoms with van der Waals surface area (Å²) in [4.78, 5) is 13.0. The molecule has 0 atom stereocenters. The van der Waals surface area contributed by atoms with E-state index in [1.807, 2.05) is 30.3 Å². The smallest absolute Gasteiger partial charge is 0.163 e.